The van der Waals surface area contributed by atoms with Gasteiger partial charge in [0.25, 0.3) is 0 Å². The number of carbonyl (C=O) groups is 2. The Labute approximate surface area is 107 Å². The van der Waals surface area contributed by atoms with Crippen molar-refractivity contribution in [2.45, 2.75) is 45.4 Å². The molecular weight excluding hydrogens is 238 g/mol. The molecule has 0 aliphatic heterocycles. The van der Waals surface area contributed by atoms with Gasteiger partial charge in [-0.3, -0.25) is 0 Å². The quantitative estimate of drug-likeness (QED) is 0.707. The molecule has 0 aliphatic rings. The van der Waals surface area contributed by atoms with Gasteiger partial charge in [0.1, 0.15) is 5.60 Å². The molecule has 2 N–H and O–H groups in total. The summed E-state index contributed by atoms with van der Waals surface area (Å²) in [5.41, 5.74) is -0.682. The Balaban J connectivity index is 4.49. The molecule has 2 atom stereocenters. The fraction of sp³-hybridized carbons (Fsp3) is 0.667. The Morgan fingerprint density at radius 2 is 2.00 bits per heavy atom. The summed E-state index contributed by atoms with van der Waals surface area (Å²) in [5, 5.41) is 11.3. The van der Waals surface area contributed by atoms with Crippen molar-refractivity contribution in [3.8, 4) is 0 Å². The number of carboxylic acid groups (broad SMARTS) is 1. The van der Waals surface area contributed by atoms with E-state index in [9.17, 15) is 9.59 Å². The number of hydrogen-bond donors (Lipinski definition) is 2. The molecule has 0 rings (SSSR count). The topological polar surface area (TPSA) is 84.9 Å². The third-order valence-electron chi connectivity index (χ3n) is 1.88. The SMILES string of the molecule is C=CCOC(C)C(NC(=O)OC(C)(C)C)C(=O)O. The van der Waals surface area contributed by atoms with E-state index in [-0.39, 0.29) is 6.61 Å². The summed E-state index contributed by atoms with van der Waals surface area (Å²) in [7, 11) is 0. The Morgan fingerprint density at radius 3 is 2.39 bits per heavy atom. The van der Waals surface area contributed by atoms with Crippen LogP contribution in [0, 0.1) is 0 Å². The molecule has 0 fully saturated rings. The zero-order chi connectivity index (χ0) is 14.3. The average molecular weight is 259 g/mol. The summed E-state index contributed by atoms with van der Waals surface area (Å²) < 4.78 is 10.2. The van der Waals surface area contributed by atoms with E-state index in [1.165, 1.54) is 6.08 Å². The lowest BCUT2D eigenvalue weighted by atomic mass is 10.2. The molecule has 0 spiro atoms. The maximum atomic E-state index is 11.5. The van der Waals surface area contributed by atoms with Gasteiger partial charge in [0.15, 0.2) is 6.04 Å². The molecule has 1 amide bonds. The minimum atomic E-state index is -1.18. The van der Waals surface area contributed by atoms with Crippen LogP contribution in [0.15, 0.2) is 12.7 Å². The van der Waals surface area contributed by atoms with Gasteiger partial charge in [-0.25, -0.2) is 9.59 Å². The van der Waals surface area contributed by atoms with Crippen molar-refractivity contribution in [3.63, 3.8) is 0 Å². The molecule has 0 bridgehead atoms. The smallest absolute Gasteiger partial charge is 0.408 e. The van der Waals surface area contributed by atoms with Crippen molar-refractivity contribution in [2.24, 2.45) is 0 Å². The van der Waals surface area contributed by atoms with E-state index in [2.05, 4.69) is 11.9 Å². The van der Waals surface area contributed by atoms with Crippen molar-refractivity contribution in [2.75, 3.05) is 6.61 Å². The Hall–Kier alpha value is -1.56. The summed E-state index contributed by atoms with van der Waals surface area (Å²) in [6.45, 7) is 10.3. The van der Waals surface area contributed by atoms with Crippen LogP contribution in [0.3, 0.4) is 0 Å². The number of hydrogen-bond acceptors (Lipinski definition) is 4. The number of amides is 1. The van der Waals surface area contributed by atoms with Crippen LogP contribution < -0.4 is 5.32 Å². The maximum absolute atomic E-state index is 11.5. The van der Waals surface area contributed by atoms with E-state index in [1.54, 1.807) is 27.7 Å². The first-order valence-corrected chi connectivity index (χ1v) is 5.62. The van der Waals surface area contributed by atoms with Gasteiger partial charge in [-0.1, -0.05) is 6.08 Å². The monoisotopic (exact) mass is 259 g/mol. The summed E-state index contributed by atoms with van der Waals surface area (Å²) >= 11 is 0. The highest BCUT2D eigenvalue weighted by molar-refractivity contribution is 5.80. The van der Waals surface area contributed by atoms with Crippen molar-refractivity contribution in [3.05, 3.63) is 12.7 Å². The van der Waals surface area contributed by atoms with E-state index in [0.717, 1.165) is 0 Å². The second-order valence-corrected chi connectivity index (χ2v) is 4.79. The molecule has 6 heteroatoms. The van der Waals surface area contributed by atoms with E-state index < -0.39 is 29.8 Å². The number of aliphatic carboxylic acids is 1. The predicted octanol–water partition coefficient (Wildman–Crippen LogP) is 1.56. The molecule has 0 saturated carbocycles. The molecule has 104 valence electrons. The van der Waals surface area contributed by atoms with Crippen molar-refractivity contribution in [1.29, 1.82) is 0 Å². The summed E-state index contributed by atoms with van der Waals surface area (Å²) in [5.74, 6) is -1.18. The van der Waals surface area contributed by atoms with E-state index >= 15 is 0 Å². The normalized spacial score (nSPS) is 14.4. The molecule has 18 heavy (non-hydrogen) atoms. The highest BCUT2D eigenvalue weighted by Gasteiger charge is 2.29. The molecular formula is C12H21NO5. The fourth-order valence-electron chi connectivity index (χ4n) is 1.13. The summed E-state index contributed by atoms with van der Waals surface area (Å²) in [6, 6.07) is -1.17. The van der Waals surface area contributed by atoms with Crippen molar-refractivity contribution in [1.82, 2.24) is 5.32 Å². The second-order valence-electron chi connectivity index (χ2n) is 4.79. The average Bonchev–Trinajstić information content (AvgIpc) is 2.19. The van der Waals surface area contributed by atoms with Crippen LogP contribution in [0.4, 0.5) is 4.79 Å². The zero-order valence-electron chi connectivity index (χ0n) is 11.2. The zero-order valence-corrected chi connectivity index (χ0v) is 11.2. The van der Waals surface area contributed by atoms with E-state index in [4.69, 9.17) is 14.6 Å². The minimum Gasteiger partial charge on any atom is -0.480 e. The van der Waals surface area contributed by atoms with Crippen LogP contribution in [0.2, 0.25) is 0 Å². The molecule has 0 radical (unpaired) electrons. The lowest BCUT2D eigenvalue weighted by Crippen LogP contribution is -2.50. The van der Waals surface area contributed by atoms with Crippen LogP contribution in [0.5, 0.6) is 0 Å². The van der Waals surface area contributed by atoms with Gasteiger partial charge in [-0.05, 0) is 27.7 Å². The van der Waals surface area contributed by atoms with Crippen LogP contribution in [0.1, 0.15) is 27.7 Å². The van der Waals surface area contributed by atoms with E-state index in [1.807, 2.05) is 0 Å². The van der Waals surface area contributed by atoms with Gasteiger partial charge >= 0.3 is 12.1 Å². The Kier molecular flexibility index (Phi) is 6.40. The molecule has 0 aromatic carbocycles. The van der Waals surface area contributed by atoms with Gasteiger partial charge in [-0.2, -0.15) is 0 Å². The number of nitrogens with one attached hydrogen (secondary N) is 1. The molecule has 0 aromatic rings. The standard InChI is InChI=1S/C12H21NO5/c1-6-7-17-8(2)9(10(14)15)13-11(16)18-12(3,4)5/h6,8-9H,1,7H2,2-5H3,(H,13,16)(H,14,15). The first-order valence-electron chi connectivity index (χ1n) is 5.62. The van der Waals surface area contributed by atoms with Crippen LogP contribution >= 0.6 is 0 Å². The minimum absolute atomic E-state index is 0.209. The van der Waals surface area contributed by atoms with Gasteiger partial charge in [0.2, 0.25) is 0 Å². The maximum Gasteiger partial charge on any atom is 0.408 e. The number of ether oxygens (including phenoxy) is 2. The summed E-state index contributed by atoms with van der Waals surface area (Å²) in [6.07, 6.45) is 0.0278. The lowest BCUT2D eigenvalue weighted by molar-refractivity contribution is -0.143. The van der Waals surface area contributed by atoms with Crippen LogP contribution in [0.25, 0.3) is 0 Å². The molecule has 6 nitrogen and oxygen atoms in total. The van der Waals surface area contributed by atoms with Gasteiger partial charge < -0.3 is 19.9 Å². The predicted molar refractivity (Wildman–Crippen MR) is 66.4 cm³/mol. The Morgan fingerprint density at radius 1 is 1.44 bits per heavy atom. The van der Waals surface area contributed by atoms with E-state index in [0.29, 0.717) is 0 Å². The van der Waals surface area contributed by atoms with Crippen LogP contribution in [-0.2, 0) is 14.3 Å². The highest BCUT2D eigenvalue weighted by Crippen LogP contribution is 2.08. The van der Waals surface area contributed by atoms with Gasteiger partial charge in [0.05, 0.1) is 12.7 Å². The number of alkyl carbamates (subject to hydrolysis) is 1. The third-order valence-corrected chi connectivity index (χ3v) is 1.88. The number of rotatable bonds is 6. The molecule has 2 unspecified atom stereocenters. The Bertz CT molecular complexity index is 308. The summed E-state index contributed by atoms with van der Waals surface area (Å²) in [4.78, 5) is 22.5. The van der Waals surface area contributed by atoms with Gasteiger partial charge in [0, 0.05) is 0 Å². The lowest BCUT2D eigenvalue weighted by Gasteiger charge is -2.24. The first-order chi connectivity index (χ1) is 8.17. The molecule has 0 aliphatic carbocycles. The number of carboxylic acids is 1. The van der Waals surface area contributed by atoms with Crippen LogP contribution in [-0.4, -0.2) is 41.5 Å². The molecule has 0 heterocycles. The highest BCUT2D eigenvalue weighted by atomic mass is 16.6. The fourth-order valence-corrected chi connectivity index (χ4v) is 1.13. The van der Waals surface area contributed by atoms with Crippen molar-refractivity contribution >= 4 is 12.1 Å². The van der Waals surface area contributed by atoms with Crippen molar-refractivity contribution < 1.29 is 24.2 Å². The van der Waals surface area contributed by atoms with Gasteiger partial charge in [-0.15, -0.1) is 6.58 Å². The first kappa shape index (κ1) is 16.4. The third kappa shape index (κ3) is 6.90. The molecule has 0 saturated heterocycles. The second kappa shape index (κ2) is 7.00. The largest absolute Gasteiger partial charge is 0.480 e. The number of carbonyl (C=O) groups excluding carboxylic acids is 1. The molecule has 0 aromatic heterocycles.